The second-order valence-electron chi connectivity index (χ2n) is 9.65. The van der Waals surface area contributed by atoms with Gasteiger partial charge in [0.15, 0.2) is 0 Å². The lowest BCUT2D eigenvalue weighted by Gasteiger charge is -2.34. The minimum atomic E-state index is -0.155. The third-order valence-electron chi connectivity index (χ3n) is 6.90. The summed E-state index contributed by atoms with van der Waals surface area (Å²) in [7, 11) is 0. The van der Waals surface area contributed by atoms with Crippen LogP contribution in [-0.4, -0.2) is 40.4 Å². The Bertz CT molecular complexity index is 1100. The van der Waals surface area contributed by atoms with Gasteiger partial charge in [-0.3, -0.25) is 9.78 Å². The summed E-state index contributed by atoms with van der Waals surface area (Å²) in [6.07, 6.45) is 5.12. The summed E-state index contributed by atoms with van der Waals surface area (Å²) < 4.78 is 0. The molecule has 2 unspecified atom stereocenters. The fourth-order valence-electron chi connectivity index (χ4n) is 5.18. The average Bonchev–Trinajstić information content (AvgIpc) is 3.17. The maximum atomic E-state index is 13.3. The van der Waals surface area contributed by atoms with Crippen molar-refractivity contribution in [2.45, 2.75) is 58.8 Å². The Morgan fingerprint density at radius 2 is 2.06 bits per heavy atom. The molecule has 1 amide bonds. The van der Waals surface area contributed by atoms with Gasteiger partial charge in [-0.1, -0.05) is 19.9 Å². The first-order chi connectivity index (χ1) is 15.4. The van der Waals surface area contributed by atoms with E-state index in [1.54, 1.807) is 0 Å². The second kappa shape index (κ2) is 9.45. The number of rotatable bonds is 6. The van der Waals surface area contributed by atoms with E-state index < -0.39 is 0 Å². The largest absolute Gasteiger partial charge is 0.354 e. The van der Waals surface area contributed by atoms with Crippen molar-refractivity contribution < 1.29 is 4.79 Å². The molecule has 4 rings (SSSR count). The van der Waals surface area contributed by atoms with Crippen LogP contribution in [0, 0.1) is 12.8 Å². The number of nitrogens with zero attached hydrogens (tertiary/aromatic N) is 2. The number of benzene rings is 1. The van der Waals surface area contributed by atoms with E-state index in [1.807, 2.05) is 20.0 Å². The number of pyridine rings is 1. The van der Waals surface area contributed by atoms with Crippen LogP contribution in [0.3, 0.4) is 0 Å². The number of aromatic amines is 1. The van der Waals surface area contributed by atoms with Crippen LogP contribution < -0.4 is 5.73 Å². The van der Waals surface area contributed by atoms with Crippen molar-refractivity contribution in [1.29, 1.82) is 0 Å². The van der Waals surface area contributed by atoms with Gasteiger partial charge in [0.25, 0.3) is 0 Å². The molecule has 0 radical (unpaired) electrons. The molecule has 0 aliphatic carbocycles. The number of hydrogen-bond acceptors (Lipinski definition) is 3. The SMILES string of the molecule is Cc1cc(-c2[nH]c3ccc(C(C)C(=O)N4CCCC(CCN)C4)cc3c2C(C)C)ccn1. The summed E-state index contributed by atoms with van der Waals surface area (Å²) in [5.74, 6) is 0.971. The molecule has 5 heteroatoms. The number of hydrogen-bond donors (Lipinski definition) is 2. The van der Waals surface area contributed by atoms with Gasteiger partial charge in [-0.15, -0.1) is 0 Å². The molecule has 32 heavy (non-hydrogen) atoms. The minimum Gasteiger partial charge on any atom is -0.354 e. The lowest BCUT2D eigenvalue weighted by Crippen LogP contribution is -2.42. The standard InChI is InChI=1S/C27H36N4O/c1-17(2)25-23-15-21(19(4)27(32)31-13-5-6-20(16-31)9-11-28)7-8-24(23)30-26(25)22-10-12-29-18(3)14-22/h7-8,10,12,14-15,17,19-20,30H,5-6,9,11,13,16,28H2,1-4H3. The maximum absolute atomic E-state index is 13.3. The van der Waals surface area contributed by atoms with Gasteiger partial charge in [0.2, 0.25) is 5.91 Å². The molecule has 0 bridgehead atoms. The minimum absolute atomic E-state index is 0.155. The second-order valence-corrected chi connectivity index (χ2v) is 9.65. The molecule has 2 aromatic heterocycles. The zero-order valence-electron chi connectivity index (χ0n) is 19.8. The van der Waals surface area contributed by atoms with Crippen LogP contribution in [-0.2, 0) is 4.79 Å². The van der Waals surface area contributed by atoms with Crippen molar-refractivity contribution in [3.8, 4) is 11.3 Å². The van der Waals surface area contributed by atoms with E-state index >= 15 is 0 Å². The van der Waals surface area contributed by atoms with Gasteiger partial charge < -0.3 is 15.6 Å². The molecule has 3 N–H and O–H groups in total. The fourth-order valence-corrected chi connectivity index (χ4v) is 5.18. The molecule has 1 saturated heterocycles. The quantitative estimate of drug-likeness (QED) is 0.551. The lowest BCUT2D eigenvalue weighted by atomic mass is 9.91. The van der Waals surface area contributed by atoms with E-state index in [4.69, 9.17) is 5.73 Å². The third kappa shape index (κ3) is 4.44. The van der Waals surface area contributed by atoms with Gasteiger partial charge >= 0.3 is 0 Å². The number of nitrogens with two attached hydrogens (primary N) is 1. The van der Waals surface area contributed by atoms with Crippen molar-refractivity contribution >= 4 is 16.8 Å². The molecular formula is C27H36N4O. The molecule has 0 spiro atoms. The Labute approximate surface area is 191 Å². The first kappa shape index (κ1) is 22.5. The van der Waals surface area contributed by atoms with E-state index in [1.165, 1.54) is 17.4 Å². The lowest BCUT2D eigenvalue weighted by molar-refractivity contribution is -0.134. The molecule has 3 aromatic rings. The van der Waals surface area contributed by atoms with Crippen LogP contribution in [0.1, 0.15) is 68.7 Å². The van der Waals surface area contributed by atoms with Crippen molar-refractivity contribution in [3.05, 3.63) is 53.3 Å². The summed E-state index contributed by atoms with van der Waals surface area (Å²) in [5, 5.41) is 1.21. The molecular weight excluding hydrogens is 396 g/mol. The van der Waals surface area contributed by atoms with Gasteiger partial charge in [-0.2, -0.15) is 0 Å². The van der Waals surface area contributed by atoms with Crippen molar-refractivity contribution in [2.24, 2.45) is 11.7 Å². The first-order valence-electron chi connectivity index (χ1n) is 12.0. The smallest absolute Gasteiger partial charge is 0.229 e. The number of amides is 1. The maximum Gasteiger partial charge on any atom is 0.229 e. The molecule has 1 aromatic carbocycles. The average molecular weight is 433 g/mol. The van der Waals surface area contributed by atoms with Crippen LogP contribution in [0.2, 0.25) is 0 Å². The number of H-pyrrole nitrogens is 1. The molecule has 1 fully saturated rings. The molecule has 1 aliphatic heterocycles. The topological polar surface area (TPSA) is 75.0 Å². The van der Waals surface area contributed by atoms with Crippen molar-refractivity contribution in [1.82, 2.24) is 14.9 Å². The van der Waals surface area contributed by atoms with Gasteiger partial charge in [0, 0.05) is 41.4 Å². The predicted molar refractivity (Wildman–Crippen MR) is 132 cm³/mol. The van der Waals surface area contributed by atoms with Gasteiger partial charge in [-0.05, 0) is 86.9 Å². The predicted octanol–water partition coefficient (Wildman–Crippen LogP) is 5.35. The Balaban J connectivity index is 1.67. The number of aromatic nitrogens is 2. The molecule has 5 nitrogen and oxygen atoms in total. The molecule has 3 heterocycles. The van der Waals surface area contributed by atoms with Crippen LogP contribution in [0.15, 0.2) is 36.5 Å². The number of carbonyl (C=O) groups is 1. The zero-order chi connectivity index (χ0) is 22.8. The zero-order valence-corrected chi connectivity index (χ0v) is 19.8. The van der Waals surface area contributed by atoms with E-state index in [-0.39, 0.29) is 11.8 Å². The number of likely N-dealkylation sites (tertiary alicyclic amines) is 1. The highest BCUT2D eigenvalue weighted by Gasteiger charge is 2.28. The van der Waals surface area contributed by atoms with Crippen molar-refractivity contribution in [3.63, 3.8) is 0 Å². The highest BCUT2D eigenvalue weighted by molar-refractivity contribution is 5.93. The van der Waals surface area contributed by atoms with Gasteiger partial charge in [0.1, 0.15) is 0 Å². The van der Waals surface area contributed by atoms with Crippen LogP contribution in [0.5, 0.6) is 0 Å². The fraction of sp³-hybridized carbons (Fsp3) is 0.481. The number of fused-ring (bicyclic) bond motifs is 1. The highest BCUT2D eigenvalue weighted by atomic mass is 16.2. The Hall–Kier alpha value is -2.66. The van der Waals surface area contributed by atoms with E-state index in [9.17, 15) is 4.79 Å². The first-order valence-corrected chi connectivity index (χ1v) is 12.0. The van der Waals surface area contributed by atoms with Crippen LogP contribution >= 0.6 is 0 Å². The van der Waals surface area contributed by atoms with Crippen LogP contribution in [0.25, 0.3) is 22.2 Å². The molecule has 2 atom stereocenters. The molecule has 170 valence electrons. The van der Waals surface area contributed by atoms with E-state index in [0.29, 0.717) is 18.4 Å². The summed E-state index contributed by atoms with van der Waals surface area (Å²) in [6.45, 7) is 10.9. The Morgan fingerprint density at radius 1 is 1.25 bits per heavy atom. The molecule has 1 aliphatic rings. The molecule has 0 saturated carbocycles. The highest BCUT2D eigenvalue weighted by Crippen LogP contribution is 2.37. The normalized spacial score (nSPS) is 17.8. The van der Waals surface area contributed by atoms with Gasteiger partial charge in [-0.25, -0.2) is 0 Å². The summed E-state index contributed by atoms with van der Waals surface area (Å²) >= 11 is 0. The number of aryl methyl sites for hydroxylation is 1. The number of nitrogens with one attached hydrogen (secondary N) is 1. The van der Waals surface area contributed by atoms with E-state index in [2.05, 4.69) is 59.0 Å². The summed E-state index contributed by atoms with van der Waals surface area (Å²) in [6, 6.07) is 10.6. The van der Waals surface area contributed by atoms with Crippen molar-refractivity contribution in [2.75, 3.05) is 19.6 Å². The Kier molecular flexibility index (Phi) is 6.66. The summed E-state index contributed by atoms with van der Waals surface area (Å²) in [5.41, 5.74) is 12.6. The number of piperidine rings is 1. The van der Waals surface area contributed by atoms with Crippen LogP contribution in [0.4, 0.5) is 0 Å². The van der Waals surface area contributed by atoms with Gasteiger partial charge in [0.05, 0.1) is 11.6 Å². The van der Waals surface area contributed by atoms with E-state index in [0.717, 1.165) is 54.0 Å². The Morgan fingerprint density at radius 3 is 2.78 bits per heavy atom. The summed E-state index contributed by atoms with van der Waals surface area (Å²) in [4.78, 5) is 23.4. The number of carbonyl (C=O) groups excluding carboxylic acids is 1. The third-order valence-corrected chi connectivity index (χ3v) is 6.90. The monoisotopic (exact) mass is 432 g/mol.